The maximum Gasteiger partial charge on any atom is 0.230 e. The third kappa shape index (κ3) is 5.43. The minimum atomic E-state index is -0.132. The molecule has 1 atom stereocenters. The van der Waals surface area contributed by atoms with Crippen LogP contribution in [-0.2, 0) is 11.2 Å². The maximum atomic E-state index is 12.7. The summed E-state index contributed by atoms with van der Waals surface area (Å²) in [5.41, 5.74) is 4.22. The lowest BCUT2D eigenvalue weighted by Gasteiger charge is -2.19. The fourth-order valence-corrected chi connectivity index (χ4v) is 3.77. The number of nitriles is 1. The minimum Gasteiger partial charge on any atom is -0.348 e. The second-order valence-corrected chi connectivity index (χ2v) is 7.68. The lowest BCUT2D eigenvalue weighted by atomic mass is 9.99. The van der Waals surface area contributed by atoms with Gasteiger partial charge in [-0.3, -0.25) is 4.79 Å². The molecule has 0 saturated carbocycles. The van der Waals surface area contributed by atoms with E-state index in [9.17, 15) is 10.1 Å². The molecule has 0 aliphatic carbocycles. The molecule has 0 aliphatic heterocycles. The summed E-state index contributed by atoms with van der Waals surface area (Å²) in [6.07, 6.45) is 0.703. The topological polar surface area (TPSA) is 78.7 Å². The zero-order valence-corrected chi connectivity index (χ0v) is 17.2. The van der Waals surface area contributed by atoms with Gasteiger partial charge in [0.25, 0.3) is 0 Å². The lowest BCUT2D eigenvalue weighted by Crippen LogP contribution is -2.31. The van der Waals surface area contributed by atoms with E-state index in [0.717, 1.165) is 22.4 Å². The summed E-state index contributed by atoms with van der Waals surface area (Å²) in [4.78, 5) is 12.7. The van der Waals surface area contributed by atoms with E-state index in [0.29, 0.717) is 17.0 Å². The Kier molecular flexibility index (Phi) is 6.99. The molecule has 1 aromatic heterocycles. The average Bonchev–Trinajstić information content (AvgIpc) is 2.75. The summed E-state index contributed by atoms with van der Waals surface area (Å²) >= 11 is 1.24. The fourth-order valence-electron chi connectivity index (χ4n) is 2.98. The third-order valence-electron chi connectivity index (χ3n) is 4.69. The number of nitrogens with zero attached hydrogens (tertiary/aromatic N) is 3. The fraction of sp³-hybridized carbons (Fsp3) is 0.217. The van der Waals surface area contributed by atoms with Crippen molar-refractivity contribution in [1.82, 2.24) is 15.5 Å². The van der Waals surface area contributed by atoms with Gasteiger partial charge in [-0.2, -0.15) is 10.4 Å². The van der Waals surface area contributed by atoms with E-state index < -0.39 is 0 Å². The van der Waals surface area contributed by atoms with Crippen LogP contribution in [-0.4, -0.2) is 21.9 Å². The first-order valence-electron chi connectivity index (χ1n) is 9.33. The Morgan fingerprint density at radius 1 is 1.07 bits per heavy atom. The molecular formula is C23H22N4OS. The molecule has 1 heterocycles. The Morgan fingerprint density at radius 2 is 1.72 bits per heavy atom. The molecule has 2 aromatic carbocycles. The van der Waals surface area contributed by atoms with Crippen LogP contribution in [0.2, 0.25) is 0 Å². The van der Waals surface area contributed by atoms with Crippen molar-refractivity contribution >= 4 is 17.7 Å². The zero-order valence-electron chi connectivity index (χ0n) is 16.4. The molecule has 3 rings (SSSR count). The number of aromatic nitrogens is 2. The van der Waals surface area contributed by atoms with Gasteiger partial charge in [-0.1, -0.05) is 72.4 Å². The molecule has 0 bridgehead atoms. The number of hydrogen-bond donors (Lipinski definition) is 1. The van der Waals surface area contributed by atoms with Crippen LogP contribution in [0.1, 0.15) is 34.0 Å². The van der Waals surface area contributed by atoms with Gasteiger partial charge in [-0.05, 0) is 37.0 Å². The number of carbonyl (C=O) groups is 1. The highest BCUT2D eigenvalue weighted by molar-refractivity contribution is 7.99. The van der Waals surface area contributed by atoms with E-state index in [1.807, 2.05) is 62.4 Å². The molecule has 0 radical (unpaired) electrons. The van der Waals surface area contributed by atoms with Gasteiger partial charge >= 0.3 is 0 Å². The molecular weight excluding hydrogens is 380 g/mol. The van der Waals surface area contributed by atoms with E-state index in [-0.39, 0.29) is 17.7 Å². The van der Waals surface area contributed by atoms with Gasteiger partial charge in [-0.15, -0.1) is 5.10 Å². The lowest BCUT2D eigenvalue weighted by molar-refractivity contribution is -0.119. The summed E-state index contributed by atoms with van der Waals surface area (Å²) in [6, 6.07) is 22.1. The number of rotatable bonds is 7. The van der Waals surface area contributed by atoms with Gasteiger partial charge < -0.3 is 5.32 Å². The molecule has 0 fully saturated rings. The van der Waals surface area contributed by atoms with Gasteiger partial charge in [-0.25, -0.2) is 0 Å². The van der Waals surface area contributed by atoms with Gasteiger partial charge in [0, 0.05) is 0 Å². The van der Waals surface area contributed by atoms with Gasteiger partial charge in [0.1, 0.15) is 11.1 Å². The Morgan fingerprint density at radius 3 is 2.38 bits per heavy atom. The second-order valence-electron chi connectivity index (χ2n) is 6.71. The summed E-state index contributed by atoms with van der Waals surface area (Å²) in [7, 11) is 0. The molecule has 0 spiro atoms. The number of benzene rings is 2. The number of thioether (sulfide) groups is 1. The predicted molar refractivity (Wildman–Crippen MR) is 114 cm³/mol. The Labute approximate surface area is 175 Å². The van der Waals surface area contributed by atoms with Crippen molar-refractivity contribution in [3.05, 3.63) is 88.6 Å². The number of hydrogen-bond acceptors (Lipinski definition) is 5. The summed E-state index contributed by atoms with van der Waals surface area (Å²) in [5.74, 6) is 0.0629. The molecule has 0 aliphatic rings. The summed E-state index contributed by atoms with van der Waals surface area (Å²) in [6.45, 7) is 3.66. The van der Waals surface area contributed by atoms with Crippen molar-refractivity contribution in [1.29, 1.82) is 5.26 Å². The highest BCUT2D eigenvalue weighted by Crippen LogP contribution is 2.24. The number of carbonyl (C=O) groups excluding carboxylic acids is 1. The molecule has 1 amide bonds. The molecule has 146 valence electrons. The van der Waals surface area contributed by atoms with Crippen LogP contribution in [0.4, 0.5) is 0 Å². The van der Waals surface area contributed by atoms with Gasteiger partial charge in [0.05, 0.1) is 23.1 Å². The van der Waals surface area contributed by atoms with Crippen molar-refractivity contribution in [3.63, 3.8) is 0 Å². The molecule has 29 heavy (non-hydrogen) atoms. The Balaban J connectivity index is 1.71. The molecule has 1 N–H and O–H groups in total. The van der Waals surface area contributed by atoms with E-state index in [1.165, 1.54) is 11.8 Å². The van der Waals surface area contributed by atoms with Crippen LogP contribution in [0.3, 0.4) is 0 Å². The molecule has 3 aromatic rings. The first-order valence-corrected chi connectivity index (χ1v) is 10.3. The van der Waals surface area contributed by atoms with Gasteiger partial charge in [0.2, 0.25) is 5.91 Å². The first kappa shape index (κ1) is 20.6. The average molecular weight is 403 g/mol. The van der Waals surface area contributed by atoms with Crippen LogP contribution in [0.5, 0.6) is 0 Å². The quantitative estimate of drug-likeness (QED) is 0.601. The van der Waals surface area contributed by atoms with E-state index in [1.54, 1.807) is 0 Å². The zero-order chi connectivity index (χ0) is 20.6. The van der Waals surface area contributed by atoms with Crippen molar-refractivity contribution in [2.45, 2.75) is 31.3 Å². The van der Waals surface area contributed by atoms with E-state index in [2.05, 4.69) is 33.7 Å². The van der Waals surface area contributed by atoms with Crippen molar-refractivity contribution in [2.75, 3.05) is 5.75 Å². The molecule has 0 saturated heterocycles. The van der Waals surface area contributed by atoms with Crippen molar-refractivity contribution in [3.8, 4) is 6.07 Å². The smallest absolute Gasteiger partial charge is 0.230 e. The molecule has 5 nitrogen and oxygen atoms in total. The van der Waals surface area contributed by atoms with Crippen LogP contribution < -0.4 is 5.32 Å². The van der Waals surface area contributed by atoms with Crippen molar-refractivity contribution < 1.29 is 4.79 Å². The third-order valence-corrected chi connectivity index (χ3v) is 5.66. The van der Waals surface area contributed by atoms with Crippen molar-refractivity contribution in [2.24, 2.45) is 0 Å². The number of aryl methyl sites for hydroxylation is 1. The highest BCUT2D eigenvalue weighted by atomic mass is 32.2. The Bertz CT molecular complexity index is 1020. The SMILES string of the molecule is Cc1nnc(SCC(=O)NC(Cc2ccccc2)c2ccccc2)c(C#N)c1C. The maximum absolute atomic E-state index is 12.7. The Hall–Kier alpha value is -3.17. The highest BCUT2D eigenvalue weighted by Gasteiger charge is 2.17. The normalized spacial score (nSPS) is 11.5. The van der Waals surface area contributed by atoms with Crippen LogP contribution in [0.15, 0.2) is 65.7 Å². The summed E-state index contributed by atoms with van der Waals surface area (Å²) in [5, 5.41) is 21.2. The first-order chi connectivity index (χ1) is 14.1. The minimum absolute atomic E-state index is 0.108. The van der Waals surface area contributed by atoms with Crippen LogP contribution >= 0.6 is 11.8 Å². The largest absolute Gasteiger partial charge is 0.348 e. The van der Waals surface area contributed by atoms with Gasteiger partial charge in [0.15, 0.2) is 0 Å². The van der Waals surface area contributed by atoms with E-state index >= 15 is 0 Å². The standard InChI is InChI=1S/C23H22N4OS/c1-16-17(2)26-27-23(20(16)14-24)29-15-22(28)25-21(19-11-7-4-8-12-19)13-18-9-5-3-6-10-18/h3-12,21H,13,15H2,1-2H3,(H,25,28). The second kappa shape index (κ2) is 9.85. The number of amides is 1. The number of nitrogens with one attached hydrogen (secondary N) is 1. The van der Waals surface area contributed by atoms with E-state index in [4.69, 9.17) is 0 Å². The molecule has 6 heteroatoms. The van der Waals surface area contributed by atoms with Crippen LogP contribution in [0.25, 0.3) is 0 Å². The molecule has 1 unspecified atom stereocenters. The monoisotopic (exact) mass is 402 g/mol. The van der Waals surface area contributed by atoms with Crippen LogP contribution in [0, 0.1) is 25.2 Å². The summed E-state index contributed by atoms with van der Waals surface area (Å²) < 4.78 is 0. The predicted octanol–water partition coefficient (Wildman–Crippen LogP) is 4.16.